The van der Waals surface area contributed by atoms with Gasteiger partial charge in [-0.15, -0.1) is 11.3 Å². The molecule has 0 aliphatic heterocycles. The number of halogens is 1. The first-order chi connectivity index (χ1) is 8.84. The summed E-state index contributed by atoms with van der Waals surface area (Å²) in [7, 11) is 0. The number of hydrogen-bond donors (Lipinski definition) is 1. The van der Waals surface area contributed by atoms with Gasteiger partial charge in [0.2, 0.25) is 0 Å². The van der Waals surface area contributed by atoms with Crippen LogP contribution in [0.4, 0.5) is 0 Å². The van der Waals surface area contributed by atoms with Gasteiger partial charge in [0.05, 0.1) is 0 Å². The number of aryl methyl sites for hydroxylation is 1. The molecule has 94 valence electrons. The fraction of sp³-hybridized carbons (Fsp3) is 0.333. The van der Waals surface area contributed by atoms with Crippen LogP contribution >= 0.6 is 27.3 Å². The van der Waals surface area contributed by atoms with Gasteiger partial charge in [-0.2, -0.15) is 0 Å². The molecule has 3 heteroatoms. The van der Waals surface area contributed by atoms with E-state index in [4.69, 9.17) is 0 Å². The van der Waals surface area contributed by atoms with Gasteiger partial charge in [0, 0.05) is 21.9 Å². The molecule has 1 unspecified atom stereocenters. The molecule has 1 N–H and O–H groups in total. The normalized spacial score (nSPS) is 18.6. The van der Waals surface area contributed by atoms with Crippen molar-refractivity contribution in [3.8, 4) is 0 Å². The SMILES string of the molecule is Brc1ccsc1CNC1CCCc2ccccc21. The van der Waals surface area contributed by atoms with E-state index >= 15 is 0 Å². The van der Waals surface area contributed by atoms with Crippen LogP contribution in [0.25, 0.3) is 0 Å². The quantitative estimate of drug-likeness (QED) is 0.865. The molecular formula is C15H16BrNS. The maximum absolute atomic E-state index is 3.70. The second kappa shape index (κ2) is 5.55. The number of benzene rings is 1. The van der Waals surface area contributed by atoms with E-state index in [-0.39, 0.29) is 0 Å². The molecule has 3 rings (SSSR count). The molecule has 0 saturated heterocycles. The molecule has 1 aromatic heterocycles. The van der Waals surface area contributed by atoms with Crippen LogP contribution in [0.1, 0.15) is 34.9 Å². The maximum Gasteiger partial charge on any atom is 0.0327 e. The number of hydrogen-bond acceptors (Lipinski definition) is 2. The van der Waals surface area contributed by atoms with Gasteiger partial charge >= 0.3 is 0 Å². The Bertz CT molecular complexity index is 535. The van der Waals surface area contributed by atoms with Crippen molar-refractivity contribution >= 4 is 27.3 Å². The fourth-order valence-corrected chi connectivity index (χ4v) is 4.08. The number of nitrogens with one attached hydrogen (secondary N) is 1. The molecule has 1 aliphatic carbocycles. The van der Waals surface area contributed by atoms with Crippen LogP contribution in [0.3, 0.4) is 0 Å². The smallest absolute Gasteiger partial charge is 0.0327 e. The van der Waals surface area contributed by atoms with Crippen molar-refractivity contribution in [3.63, 3.8) is 0 Å². The van der Waals surface area contributed by atoms with Gasteiger partial charge in [-0.3, -0.25) is 0 Å². The van der Waals surface area contributed by atoms with Crippen LogP contribution in [0.15, 0.2) is 40.2 Å². The third kappa shape index (κ3) is 2.53. The predicted molar refractivity (Wildman–Crippen MR) is 81.0 cm³/mol. The van der Waals surface area contributed by atoms with E-state index in [0.29, 0.717) is 6.04 Å². The second-order valence-corrected chi connectivity index (χ2v) is 6.57. The van der Waals surface area contributed by atoms with Crippen molar-refractivity contribution < 1.29 is 0 Å². The standard InChI is InChI=1S/C15H16BrNS/c16-13-8-9-18-15(13)10-17-14-7-3-5-11-4-1-2-6-12(11)14/h1-2,4,6,8-9,14,17H,3,5,7,10H2. The van der Waals surface area contributed by atoms with Crippen molar-refractivity contribution in [3.05, 3.63) is 56.2 Å². The summed E-state index contributed by atoms with van der Waals surface area (Å²) in [6.45, 7) is 0.956. The predicted octanol–water partition coefficient (Wildman–Crippen LogP) is 4.68. The summed E-state index contributed by atoms with van der Waals surface area (Å²) in [6.07, 6.45) is 3.78. The van der Waals surface area contributed by atoms with Crippen molar-refractivity contribution in [2.45, 2.75) is 31.8 Å². The van der Waals surface area contributed by atoms with E-state index in [0.717, 1.165) is 6.54 Å². The van der Waals surface area contributed by atoms with Gasteiger partial charge in [-0.1, -0.05) is 24.3 Å². The van der Waals surface area contributed by atoms with Gasteiger partial charge < -0.3 is 5.32 Å². The summed E-state index contributed by atoms with van der Waals surface area (Å²) < 4.78 is 1.23. The van der Waals surface area contributed by atoms with Gasteiger partial charge in [-0.05, 0) is 57.8 Å². The highest BCUT2D eigenvalue weighted by Gasteiger charge is 2.19. The van der Waals surface area contributed by atoms with E-state index < -0.39 is 0 Å². The van der Waals surface area contributed by atoms with Crippen LogP contribution in [0.2, 0.25) is 0 Å². The average molecular weight is 322 g/mol. The topological polar surface area (TPSA) is 12.0 Å². The van der Waals surface area contributed by atoms with Crippen LogP contribution in [0, 0.1) is 0 Å². The zero-order valence-corrected chi connectivity index (χ0v) is 12.6. The minimum Gasteiger partial charge on any atom is -0.305 e. The highest BCUT2D eigenvalue weighted by molar-refractivity contribution is 9.10. The monoisotopic (exact) mass is 321 g/mol. The fourth-order valence-electron chi connectivity index (χ4n) is 2.63. The Labute approximate surface area is 120 Å². The van der Waals surface area contributed by atoms with E-state index in [2.05, 4.69) is 57.0 Å². The molecule has 1 nitrogen and oxygen atoms in total. The van der Waals surface area contributed by atoms with Gasteiger partial charge in [0.1, 0.15) is 0 Å². The lowest BCUT2D eigenvalue weighted by Gasteiger charge is -2.26. The zero-order valence-electron chi connectivity index (χ0n) is 10.2. The Morgan fingerprint density at radius 3 is 3.00 bits per heavy atom. The summed E-state index contributed by atoms with van der Waals surface area (Å²) >= 11 is 5.40. The average Bonchev–Trinajstić information content (AvgIpc) is 2.82. The minimum atomic E-state index is 0.518. The first-order valence-corrected chi connectivity index (χ1v) is 8.05. The molecule has 1 aromatic carbocycles. The van der Waals surface area contributed by atoms with E-state index in [1.54, 1.807) is 0 Å². The van der Waals surface area contributed by atoms with Gasteiger partial charge in [-0.25, -0.2) is 0 Å². The zero-order chi connectivity index (χ0) is 12.4. The first kappa shape index (κ1) is 12.4. The maximum atomic E-state index is 3.70. The van der Waals surface area contributed by atoms with Crippen molar-refractivity contribution in [2.24, 2.45) is 0 Å². The number of rotatable bonds is 3. The Hall–Kier alpha value is -0.640. The molecule has 1 atom stereocenters. The van der Waals surface area contributed by atoms with Crippen LogP contribution in [-0.4, -0.2) is 0 Å². The van der Waals surface area contributed by atoms with E-state index in [1.807, 2.05) is 11.3 Å². The van der Waals surface area contributed by atoms with Gasteiger partial charge in [0.15, 0.2) is 0 Å². The molecular weight excluding hydrogens is 306 g/mol. The van der Waals surface area contributed by atoms with Crippen molar-refractivity contribution in [1.29, 1.82) is 0 Å². The molecule has 2 aromatic rings. The Morgan fingerprint density at radius 2 is 2.17 bits per heavy atom. The molecule has 0 saturated carbocycles. The molecule has 0 bridgehead atoms. The third-order valence-corrected chi connectivity index (χ3v) is 5.50. The summed E-state index contributed by atoms with van der Waals surface area (Å²) in [4.78, 5) is 1.39. The van der Waals surface area contributed by atoms with Crippen LogP contribution < -0.4 is 5.32 Å². The summed E-state index contributed by atoms with van der Waals surface area (Å²) in [5.41, 5.74) is 3.02. The molecule has 0 spiro atoms. The number of fused-ring (bicyclic) bond motifs is 1. The van der Waals surface area contributed by atoms with Crippen LogP contribution in [-0.2, 0) is 13.0 Å². The second-order valence-electron chi connectivity index (χ2n) is 4.72. The lowest BCUT2D eigenvalue weighted by molar-refractivity contribution is 0.460. The van der Waals surface area contributed by atoms with E-state index in [1.165, 1.54) is 39.7 Å². The molecule has 1 aliphatic rings. The lowest BCUT2D eigenvalue weighted by atomic mass is 9.88. The molecule has 0 radical (unpaired) electrons. The first-order valence-electron chi connectivity index (χ1n) is 6.37. The van der Waals surface area contributed by atoms with E-state index in [9.17, 15) is 0 Å². The largest absolute Gasteiger partial charge is 0.305 e. The Morgan fingerprint density at radius 1 is 1.28 bits per heavy atom. The third-order valence-electron chi connectivity index (χ3n) is 3.57. The molecule has 1 heterocycles. The van der Waals surface area contributed by atoms with Crippen molar-refractivity contribution in [1.82, 2.24) is 5.32 Å². The Balaban J connectivity index is 1.73. The Kier molecular flexibility index (Phi) is 3.83. The minimum absolute atomic E-state index is 0.518. The molecule has 18 heavy (non-hydrogen) atoms. The number of thiophene rings is 1. The summed E-state index contributed by atoms with van der Waals surface area (Å²) in [5, 5.41) is 5.84. The van der Waals surface area contributed by atoms with Gasteiger partial charge in [0.25, 0.3) is 0 Å². The van der Waals surface area contributed by atoms with Crippen molar-refractivity contribution in [2.75, 3.05) is 0 Å². The summed E-state index contributed by atoms with van der Waals surface area (Å²) in [6, 6.07) is 11.5. The lowest BCUT2D eigenvalue weighted by Crippen LogP contribution is -2.24. The van der Waals surface area contributed by atoms with Crippen LogP contribution in [0.5, 0.6) is 0 Å². The molecule has 0 amide bonds. The molecule has 0 fully saturated rings. The highest BCUT2D eigenvalue weighted by atomic mass is 79.9. The highest BCUT2D eigenvalue weighted by Crippen LogP contribution is 2.30. The summed E-state index contributed by atoms with van der Waals surface area (Å²) in [5.74, 6) is 0.